The molecule has 21 heavy (non-hydrogen) atoms. The number of nitrogens with zero attached hydrogens (tertiary/aromatic N) is 2. The van der Waals surface area contributed by atoms with E-state index < -0.39 is 0 Å². The molecule has 0 spiro atoms. The summed E-state index contributed by atoms with van der Waals surface area (Å²) < 4.78 is 0. The van der Waals surface area contributed by atoms with Gasteiger partial charge >= 0.3 is 0 Å². The lowest BCUT2D eigenvalue weighted by molar-refractivity contribution is -0.124. The molecule has 2 aliphatic rings. The number of rotatable bonds is 6. The number of likely N-dealkylation sites (N-methyl/N-ethyl adjacent to an activating group) is 1. The van der Waals surface area contributed by atoms with Crippen LogP contribution in [0.1, 0.15) is 32.6 Å². The van der Waals surface area contributed by atoms with Crippen molar-refractivity contribution in [3.8, 4) is 0 Å². The molecule has 2 atom stereocenters. The highest BCUT2D eigenvalue weighted by Gasteiger charge is 2.25. The third kappa shape index (κ3) is 5.57. The molecule has 2 rings (SSSR count). The number of piperidine rings is 1. The molecule has 2 unspecified atom stereocenters. The summed E-state index contributed by atoms with van der Waals surface area (Å²) in [6.45, 7) is 9.76. The van der Waals surface area contributed by atoms with Crippen LogP contribution in [0.3, 0.4) is 0 Å². The first-order valence-electron chi connectivity index (χ1n) is 8.61. The lowest BCUT2D eigenvalue weighted by Crippen LogP contribution is -2.49. The molecule has 0 aromatic carbocycles. The first-order valence-corrected chi connectivity index (χ1v) is 8.61. The number of hydrogen-bond acceptors (Lipinski definition) is 4. The quantitative estimate of drug-likeness (QED) is 0.702. The SMILES string of the molecule is CCC1CCNC(C(=O)NCCCN2CCN(C)CC2)C1. The van der Waals surface area contributed by atoms with Gasteiger partial charge in [-0.2, -0.15) is 0 Å². The van der Waals surface area contributed by atoms with Crippen LogP contribution in [-0.4, -0.2) is 74.6 Å². The molecule has 2 heterocycles. The van der Waals surface area contributed by atoms with Gasteiger partial charge in [-0.15, -0.1) is 0 Å². The molecule has 122 valence electrons. The Morgan fingerprint density at radius 1 is 1.29 bits per heavy atom. The van der Waals surface area contributed by atoms with Crippen LogP contribution < -0.4 is 10.6 Å². The molecule has 0 aromatic heterocycles. The van der Waals surface area contributed by atoms with Crippen molar-refractivity contribution >= 4 is 5.91 Å². The van der Waals surface area contributed by atoms with Crippen LogP contribution in [0.5, 0.6) is 0 Å². The molecular formula is C16H32N4O. The van der Waals surface area contributed by atoms with Gasteiger partial charge < -0.3 is 20.4 Å². The zero-order valence-corrected chi connectivity index (χ0v) is 13.7. The Morgan fingerprint density at radius 2 is 2.05 bits per heavy atom. The maximum Gasteiger partial charge on any atom is 0.237 e. The van der Waals surface area contributed by atoms with Crippen LogP contribution in [0, 0.1) is 5.92 Å². The average molecular weight is 296 g/mol. The normalized spacial score (nSPS) is 28.5. The van der Waals surface area contributed by atoms with Crippen molar-refractivity contribution in [2.24, 2.45) is 5.92 Å². The molecule has 0 aliphatic carbocycles. The molecule has 2 aliphatic heterocycles. The van der Waals surface area contributed by atoms with Gasteiger partial charge in [0.25, 0.3) is 0 Å². The molecule has 5 nitrogen and oxygen atoms in total. The largest absolute Gasteiger partial charge is 0.355 e. The van der Waals surface area contributed by atoms with E-state index in [0.717, 1.165) is 58.7 Å². The van der Waals surface area contributed by atoms with E-state index in [9.17, 15) is 4.79 Å². The molecule has 5 heteroatoms. The van der Waals surface area contributed by atoms with Crippen LogP contribution in [0.2, 0.25) is 0 Å². The molecule has 2 fully saturated rings. The van der Waals surface area contributed by atoms with E-state index in [0.29, 0.717) is 5.92 Å². The summed E-state index contributed by atoms with van der Waals surface area (Å²) in [4.78, 5) is 17.0. The van der Waals surface area contributed by atoms with Gasteiger partial charge in [-0.1, -0.05) is 13.3 Å². The second kappa shape index (κ2) is 8.71. The molecule has 2 N–H and O–H groups in total. The van der Waals surface area contributed by atoms with E-state index >= 15 is 0 Å². The highest BCUT2D eigenvalue weighted by Crippen LogP contribution is 2.19. The number of piperazine rings is 1. The van der Waals surface area contributed by atoms with Gasteiger partial charge in [0, 0.05) is 32.7 Å². The van der Waals surface area contributed by atoms with E-state index in [1.165, 1.54) is 12.8 Å². The predicted octanol–water partition coefficient (Wildman–Crippen LogP) is 0.518. The summed E-state index contributed by atoms with van der Waals surface area (Å²) in [5, 5.41) is 6.46. The van der Waals surface area contributed by atoms with Crippen molar-refractivity contribution in [1.29, 1.82) is 0 Å². The Kier molecular flexibility index (Phi) is 6.93. The highest BCUT2D eigenvalue weighted by molar-refractivity contribution is 5.81. The maximum atomic E-state index is 12.2. The summed E-state index contributed by atoms with van der Waals surface area (Å²) >= 11 is 0. The van der Waals surface area contributed by atoms with Gasteiger partial charge in [-0.05, 0) is 45.3 Å². The molecule has 0 bridgehead atoms. The van der Waals surface area contributed by atoms with E-state index in [2.05, 4.69) is 34.4 Å². The van der Waals surface area contributed by atoms with Crippen molar-refractivity contribution < 1.29 is 4.79 Å². The highest BCUT2D eigenvalue weighted by atomic mass is 16.2. The maximum absolute atomic E-state index is 12.2. The molecule has 2 saturated heterocycles. The number of nitrogens with one attached hydrogen (secondary N) is 2. The van der Waals surface area contributed by atoms with Crippen molar-refractivity contribution in [3.05, 3.63) is 0 Å². The van der Waals surface area contributed by atoms with Crippen LogP contribution in [-0.2, 0) is 4.79 Å². The summed E-state index contributed by atoms with van der Waals surface area (Å²) in [6, 6.07) is 0.0346. The van der Waals surface area contributed by atoms with Crippen LogP contribution in [0.15, 0.2) is 0 Å². The molecular weight excluding hydrogens is 264 g/mol. The van der Waals surface area contributed by atoms with Gasteiger partial charge in [-0.3, -0.25) is 4.79 Å². The van der Waals surface area contributed by atoms with Crippen LogP contribution >= 0.6 is 0 Å². The number of carbonyl (C=O) groups is 1. The minimum absolute atomic E-state index is 0.0346. The zero-order chi connectivity index (χ0) is 15.1. The fourth-order valence-corrected chi connectivity index (χ4v) is 3.28. The van der Waals surface area contributed by atoms with Crippen LogP contribution in [0.4, 0.5) is 0 Å². The minimum Gasteiger partial charge on any atom is -0.355 e. The van der Waals surface area contributed by atoms with Crippen molar-refractivity contribution in [3.63, 3.8) is 0 Å². The predicted molar refractivity (Wildman–Crippen MR) is 86.4 cm³/mol. The Labute approximate surface area is 129 Å². The molecule has 1 amide bonds. The first kappa shape index (κ1) is 16.7. The van der Waals surface area contributed by atoms with Gasteiger partial charge in [0.2, 0.25) is 5.91 Å². The minimum atomic E-state index is 0.0346. The van der Waals surface area contributed by atoms with Crippen molar-refractivity contribution in [1.82, 2.24) is 20.4 Å². The Morgan fingerprint density at radius 3 is 2.76 bits per heavy atom. The molecule has 0 saturated carbocycles. The zero-order valence-electron chi connectivity index (χ0n) is 13.7. The Hall–Kier alpha value is -0.650. The van der Waals surface area contributed by atoms with Crippen molar-refractivity contribution in [2.75, 3.05) is 52.9 Å². The lowest BCUT2D eigenvalue weighted by atomic mass is 9.90. The van der Waals surface area contributed by atoms with Gasteiger partial charge in [0.05, 0.1) is 6.04 Å². The van der Waals surface area contributed by atoms with Crippen LogP contribution in [0.25, 0.3) is 0 Å². The third-order valence-corrected chi connectivity index (χ3v) is 4.95. The summed E-state index contributed by atoms with van der Waals surface area (Å²) in [5.74, 6) is 0.916. The van der Waals surface area contributed by atoms with Gasteiger partial charge in [0.15, 0.2) is 0 Å². The van der Waals surface area contributed by atoms with E-state index in [4.69, 9.17) is 0 Å². The number of carbonyl (C=O) groups excluding carboxylic acids is 1. The van der Waals surface area contributed by atoms with E-state index in [1.807, 2.05) is 0 Å². The monoisotopic (exact) mass is 296 g/mol. The van der Waals surface area contributed by atoms with Gasteiger partial charge in [-0.25, -0.2) is 0 Å². The Balaban J connectivity index is 1.56. The van der Waals surface area contributed by atoms with E-state index in [1.54, 1.807) is 0 Å². The molecule has 0 radical (unpaired) electrons. The Bertz CT molecular complexity index is 315. The van der Waals surface area contributed by atoms with Gasteiger partial charge in [0.1, 0.15) is 0 Å². The average Bonchev–Trinajstić information content (AvgIpc) is 2.53. The summed E-state index contributed by atoms with van der Waals surface area (Å²) in [5.41, 5.74) is 0. The summed E-state index contributed by atoms with van der Waals surface area (Å²) in [6.07, 6.45) is 4.46. The second-order valence-electron chi connectivity index (χ2n) is 6.59. The van der Waals surface area contributed by atoms with Crippen molar-refractivity contribution in [2.45, 2.75) is 38.6 Å². The number of hydrogen-bond donors (Lipinski definition) is 2. The fraction of sp³-hybridized carbons (Fsp3) is 0.938. The third-order valence-electron chi connectivity index (χ3n) is 4.95. The van der Waals surface area contributed by atoms with E-state index in [-0.39, 0.29) is 11.9 Å². The topological polar surface area (TPSA) is 47.6 Å². The molecule has 0 aromatic rings. The first-order chi connectivity index (χ1) is 10.2. The fourth-order valence-electron chi connectivity index (χ4n) is 3.28. The second-order valence-corrected chi connectivity index (χ2v) is 6.59. The standard InChI is InChI=1S/C16H32N4O/c1-3-14-5-7-17-15(13-14)16(21)18-6-4-8-20-11-9-19(2)10-12-20/h14-15,17H,3-13H2,1-2H3,(H,18,21). The smallest absolute Gasteiger partial charge is 0.237 e. The summed E-state index contributed by atoms with van der Waals surface area (Å²) in [7, 11) is 2.18. The lowest BCUT2D eigenvalue weighted by Gasteiger charge is -2.32. The number of amides is 1.